The number of amides is 1. The van der Waals surface area contributed by atoms with Gasteiger partial charge < -0.3 is 9.64 Å². The van der Waals surface area contributed by atoms with Gasteiger partial charge in [-0.1, -0.05) is 56.0 Å². The third-order valence-corrected chi connectivity index (χ3v) is 5.90. The van der Waals surface area contributed by atoms with Crippen molar-refractivity contribution in [3.05, 3.63) is 42.0 Å². The Hall–Kier alpha value is -2.43. The van der Waals surface area contributed by atoms with Crippen molar-refractivity contribution < 1.29 is 19.1 Å². The summed E-state index contributed by atoms with van der Waals surface area (Å²) >= 11 is 0. The van der Waals surface area contributed by atoms with Crippen LogP contribution in [0.3, 0.4) is 0 Å². The molecule has 0 radical (unpaired) electrons. The van der Waals surface area contributed by atoms with Crippen molar-refractivity contribution in [1.82, 2.24) is 4.90 Å². The van der Waals surface area contributed by atoms with Gasteiger partial charge in [0.05, 0.1) is 0 Å². The van der Waals surface area contributed by atoms with E-state index in [9.17, 15) is 14.4 Å². The van der Waals surface area contributed by atoms with Crippen LogP contribution in [0, 0.1) is 0 Å². The van der Waals surface area contributed by atoms with Crippen LogP contribution < -0.4 is 0 Å². The molecule has 1 saturated carbocycles. The Labute approximate surface area is 146 Å². The molecule has 1 aromatic carbocycles. The largest absolute Gasteiger partial charge is 0.432 e. The summed E-state index contributed by atoms with van der Waals surface area (Å²) in [4.78, 5) is 40.5. The molecule has 1 aliphatic carbocycles. The topological polar surface area (TPSA) is 63.7 Å². The monoisotopic (exact) mass is 339 g/mol. The fourth-order valence-corrected chi connectivity index (χ4v) is 4.57. The lowest BCUT2D eigenvalue weighted by molar-refractivity contribution is -0.159. The summed E-state index contributed by atoms with van der Waals surface area (Å²) < 4.78 is 5.47. The van der Waals surface area contributed by atoms with Gasteiger partial charge in [0.15, 0.2) is 0 Å². The molecule has 2 aliphatic heterocycles. The number of Topliss-reactive ketones (excluding diaryl/α,β-unsaturated/α-hetero) is 1. The van der Waals surface area contributed by atoms with E-state index >= 15 is 0 Å². The van der Waals surface area contributed by atoms with Gasteiger partial charge in [0.2, 0.25) is 5.78 Å². The second-order valence-electron chi connectivity index (χ2n) is 7.17. The van der Waals surface area contributed by atoms with Crippen LogP contribution in [0.1, 0.15) is 44.1 Å². The number of carbonyl (C=O) groups is 3. The predicted molar refractivity (Wildman–Crippen MR) is 91.5 cm³/mol. The molecular formula is C20H21NO4. The summed E-state index contributed by atoms with van der Waals surface area (Å²) in [5, 5.41) is 0. The Morgan fingerprint density at radius 2 is 1.60 bits per heavy atom. The van der Waals surface area contributed by atoms with E-state index in [2.05, 4.69) is 0 Å². The van der Waals surface area contributed by atoms with Gasteiger partial charge in [0.1, 0.15) is 5.54 Å². The zero-order valence-electron chi connectivity index (χ0n) is 14.3. The lowest BCUT2D eigenvalue weighted by Gasteiger charge is -2.33. The highest BCUT2D eigenvalue weighted by Gasteiger charge is 2.70. The van der Waals surface area contributed by atoms with Crippen LogP contribution in [-0.4, -0.2) is 40.7 Å². The average Bonchev–Trinajstić information content (AvgIpc) is 2.89. The van der Waals surface area contributed by atoms with Crippen LogP contribution in [0.4, 0.5) is 0 Å². The van der Waals surface area contributed by atoms with Crippen molar-refractivity contribution in [2.24, 2.45) is 0 Å². The molecule has 5 nitrogen and oxygen atoms in total. The van der Waals surface area contributed by atoms with E-state index in [-0.39, 0.29) is 5.78 Å². The molecule has 1 saturated heterocycles. The highest BCUT2D eigenvalue weighted by molar-refractivity contribution is 6.31. The molecule has 4 rings (SSSR count). The third-order valence-electron chi connectivity index (χ3n) is 5.90. The average molecular weight is 339 g/mol. The number of nitrogens with zero attached hydrogens (tertiary/aromatic N) is 1. The van der Waals surface area contributed by atoms with Crippen molar-refractivity contribution >= 4 is 23.2 Å². The zero-order valence-corrected chi connectivity index (χ0v) is 14.3. The van der Waals surface area contributed by atoms with E-state index in [0.717, 1.165) is 25.7 Å². The Balaban J connectivity index is 1.86. The van der Waals surface area contributed by atoms with Gasteiger partial charge in [0, 0.05) is 18.7 Å². The number of likely N-dealkylation sites (tertiary alicyclic amines) is 1. The Bertz CT molecular complexity index is 774. The second kappa shape index (κ2) is 5.55. The van der Waals surface area contributed by atoms with Crippen LogP contribution in [0.2, 0.25) is 0 Å². The van der Waals surface area contributed by atoms with Crippen LogP contribution in [0.5, 0.6) is 0 Å². The number of carbonyl (C=O) groups excluding carboxylic acids is 3. The molecule has 2 fully saturated rings. The van der Waals surface area contributed by atoms with Gasteiger partial charge in [-0.25, -0.2) is 4.79 Å². The Kier molecular flexibility index (Phi) is 3.56. The van der Waals surface area contributed by atoms with Crippen molar-refractivity contribution in [1.29, 1.82) is 0 Å². The zero-order chi connectivity index (χ0) is 17.7. The van der Waals surface area contributed by atoms with E-state index in [1.165, 1.54) is 6.08 Å². The van der Waals surface area contributed by atoms with Crippen molar-refractivity contribution in [2.75, 3.05) is 7.05 Å². The standard InChI is InChI=1S/C20H21NO4/c1-21-18(24)20(17(23)19(21)11-7-2-3-8-12-19)15(13-16(22)25-20)14-9-5-4-6-10-14/h4-6,9-10,13H,2-3,7-8,11-12H2,1H3. The van der Waals surface area contributed by atoms with E-state index < -0.39 is 23.0 Å². The van der Waals surface area contributed by atoms with Crippen LogP contribution >= 0.6 is 0 Å². The normalized spacial score (nSPS) is 28.4. The van der Waals surface area contributed by atoms with Gasteiger partial charge in [-0.15, -0.1) is 0 Å². The van der Waals surface area contributed by atoms with E-state index in [4.69, 9.17) is 4.74 Å². The highest BCUT2D eigenvalue weighted by Crippen LogP contribution is 2.50. The third kappa shape index (κ3) is 2.04. The van der Waals surface area contributed by atoms with Gasteiger partial charge in [-0.3, -0.25) is 9.59 Å². The molecule has 1 amide bonds. The second-order valence-corrected chi connectivity index (χ2v) is 7.17. The Morgan fingerprint density at radius 3 is 2.24 bits per heavy atom. The molecule has 25 heavy (non-hydrogen) atoms. The van der Waals surface area contributed by atoms with Gasteiger partial charge in [-0.2, -0.15) is 0 Å². The molecule has 0 aromatic heterocycles. The smallest absolute Gasteiger partial charge is 0.333 e. The number of ketones is 1. The maximum atomic E-state index is 13.6. The first-order valence-electron chi connectivity index (χ1n) is 8.86. The molecule has 2 heterocycles. The van der Waals surface area contributed by atoms with Crippen LogP contribution in [-0.2, 0) is 19.1 Å². The van der Waals surface area contributed by atoms with E-state index in [1.807, 2.05) is 18.2 Å². The fraction of sp³-hybridized carbons (Fsp3) is 0.450. The van der Waals surface area contributed by atoms with Gasteiger partial charge in [0.25, 0.3) is 11.5 Å². The summed E-state index contributed by atoms with van der Waals surface area (Å²) in [6.45, 7) is 0. The first kappa shape index (κ1) is 16.1. The fourth-order valence-electron chi connectivity index (χ4n) is 4.57. The maximum Gasteiger partial charge on any atom is 0.333 e. The molecule has 0 bridgehead atoms. The molecule has 130 valence electrons. The minimum Gasteiger partial charge on any atom is -0.432 e. The number of rotatable bonds is 1. The predicted octanol–water partition coefficient (Wildman–Crippen LogP) is 2.50. The molecular weight excluding hydrogens is 318 g/mol. The van der Waals surface area contributed by atoms with Crippen molar-refractivity contribution in [3.63, 3.8) is 0 Å². The number of hydrogen-bond donors (Lipinski definition) is 0. The number of hydrogen-bond acceptors (Lipinski definition) is 4. The molecule has 2 spiro atoms. The number of ether oxygens (including phenoxy) is 1. The minimum absolute atomic E-state index is 0.268. The summed E-state index contributed by atoms with van der Waals surface area (Å²) in [5.41, 5.74) is -1.61. The summed E-state index contributed by atoms with van der Waals surface area (Å²) in [7, 11) is 1.68. The molecule has 3 aliphatic rings. The van der Waals surface area contributed by atoms with Crippen molar-refractivity contribution in [2.45, 2.75) is 49.7 Å². The first-order valence-corrected chi connectivity index (χ1v) is 8.86. The maximum absolute atomic E-state index is 13.6. The molecule has 0 N–H and O–H groups in total. The quantitative estimate of drug-likeness (QED) is 0.582. The highest BCUT2D eigenvalue weighted by atomic mass is 16.6. The SMILES string of the molecule is CN1C(=O)C2(OC(=O)C=C2c2ccccc2)C(=O)C12CCCCCC2. The van der Waals surface area contributed by atoms with E-state index in [1.54, 1.807) is 24.1 Å². The minimum atomic E-state index is -1.81. The van der Waals surface area contributed by atoms with E-state index in [0.29, 0.717) is 24.0 Å². The van der Waals surface area contributed by atoms with Gasteiger partial charge in [-0.05, 0) is 18.4 Å². The van der Waals surface area contributed by atoms with Crippen molar-refractivity contribution in [3.8, 4) is 0 Å². The molecule has 5 heteroatoms. The first-order chi connectivity index (χ1) is 12.0. The number of likely N-dealkylation sites (N-methyl/N-ethyl adjacent to an activating group) is 1. The lowest BCUT2D eigenvalue weighted by Crippen LogP contribution is -2.49. The summed E-state index contributed by atoms with van der Waals surface area (Å²) in [5.74, 6) is -1.31. The number of esters is 1. The molecule has 1 aromatic rings. The number of benzene rings is 1. The summed E-state index contributed by atoms with van der Waals surface area (Å²) in [6, 6.07) is 9.09. The van der Waals surface area contributed by atoms with Crippen LogP contribution in [0.15, 0.2) is 36.4 Å². The molecule has 1 atom stereocenters. The summed E-state index contributed by atoms with van der Waals surface area (Å²) in [6.07, 6.45) is 6.49. The van der Waals surface area contributed by atoms with Gasteiger partial charge >= 0.3 is 5.97 Å². The lowest BCUT2D eigenvalue weighted by atomic mass is 9.78. The van der Waals surface area contributed by atoms with Crippen LogP contribution in [0.25, 0.3) is 5.57 Å². The molecule has 1 unspecified atom stereocenters. The Morgan fingerprint density at radius 1 is 0.960 bits per heavy atom.